The number of carbonyl (C=O) groups is 1. The highest BCUT2D eigenvalue weighted by Gasteiger charge is 2.11. The minimum atomic E-state index is -0.610. The van der Waals surface area contributed by atoms with Crippen molar-refractivity contribution in [3.63, 3.8) is 0 Å². The SMILES string of the molecule is C[C@@H](Cc1ccccc1Cl)NC(=O)Cn1ccc(=O)[nH]c1=O. The van der Waals surface area contributed by atoms with Crippen molar-refractivity contribution >= 4 is 17.5 Å². The number of hydrogen-bond acceptors (Lipinski definition) is 3. The molecule has 0 bridgehead atoms. The normalized spacial score (nSPS) is 11.9. The average molecular weight is 322 g/mol. The molecule has 116 valence electrons. The number of hydrogen-bond donors (Lipinski definition) is 2. The van der Waals surface area contributed by atoms with Crippen LogP contribution in [0.1, 0.15) is 12.5 Å². The Kier molecular flexibility index (Phi) is 5.16. The molecule has 1 atom stereocenters. The van der Waals surface area contributed by atoms with Crippen LogP contribution in [0.3, 0.4) is 0 Å². The van der Waals surface area contributed by atoms with Gasteiger partial charge >= 0.3 is 5.69 Å². The van der Waals surface area contributed by atoms with Gasteiger partial charge in [-0.15, -0.1) is 0 Å². The molecule has 1 heterocycles. The highest BCUT2D eigenvalue weighted by Crippen LogP contribution is 2.16. The van der Waals surface area contributed by atoms with Crippen LogP contribution in [-0.2, 0) is 17.8 Å². The highest BCUT2D eigenvalue weighted by atomic mass is 35.5. The van der Waals surface area contributed by atoms with E-state index in [1.54, 1.807) is 6.07 Å². The van der Waals surface area contributed by atoms with Gasteiger partial charge in [-0.05, 0) is 25.0 Å². The first-order chi connectivity index (χ1) is 10.5. The number of aromatic nitrogens is 2. The molecule has 0 spiro atoms. The number of nitrogens with one attached hydrogen (secondary N) is 2. The standard InChI is InChI=1S/C15H16ClN3O3/c1-10(8-11-4-2-3-5-12(11)16)17-14(21)9-19-7-6-13(20)18-15(19)22/h2-7,10H,8-9H2,1H3,(H,17,21)(H,18,20,22)/t10-/m0/s1. The van der Waals surface area contributed by atoms with Crippen molar-refractivity contribution in [2.45, 2.75) is 25.9 Å². The fraction of sp³-hybridized carbons (Fsp3) is 0.267. The van der Waals surface area contributed by atoms with Gasteiger partial charge in [-0.1, -0.05) is 29.8 Å². The van der Waals surface area contributed by atoms with Crippen LogP contribution in [-0.4, -0.2) is 21.5 Å². The van der Waals surface area contributed by atoms with E-state index in [0.717, 1.165) is 10.1 Å². The van der Waals surface area contributed by atoms with Gasteiger partial charge in [0.25, 0.3) is 5.56 Å². The predicted molar refractivity (Wildman–Crippen MR) is 84.1 cm³/mol. The summed E-state index contributed by atoms with van der Waals surface area (Å²) >= 11 is 6.08. The zero-order chi connectivity index (χ0) is 16.1. The summed E-state index contributed by atoms with van der Waals surface area (Å²) < 4.78 is 1.14. The first-order valence-electron chi connectivity index (χ1n) is 6.78. The van der Waals surface area contributed by atoms with Crippen molar-refractivity contribution in [2.24, 2.45) is 0 Å². The van der Waals surface area contributed by atoms with Crippen molar-refractivity contribution in [1.29, 1.82) is 0 Å². The summed E-state index contributed by atoms with van der Waals surface area (Å²) in [5.41, 5.74) is -0.159. The molecule has 2 rings (SSSR count). The van der Waals surface area contributed by atoms with Gasteiger partial charge in [0.2, 0.25) is 5.91 Å². The number of H-pyrrole nitrogens is 1. The number of benzene rings is 1. The van der Waals surface area contributed by atoms with Gasteiger partial charge in [-0.2, -0.15) is 0 Å². The molecule has 0 aliphatic heterocycles. The van der Waals surface area contributed by atoms with E-state index in [4.69, 9.17) is 11.6 Å². The Hall–Kier alpha value is -2.34. The van der Waals surface area contributed by atoms with E-state index < -0.39 is 11.2 Å². The third-order valence-corrected chi connectivity index (χ3v) is 3.47. The number of halogens is 1. The third kappa shape index (κ3) is 4.33. The quantitative estimate of drug-likeness (QED) is 0.859. The van der Waals surface area contributed by atoms with Crippen molar-refractivity contribution in [1.82, 2.24) is 14.9 Å². The molecule has 2 N–H and O–H groups in total. The molecule has 0 radical (unpaired) electrons. The lowest BCUT2D eigenvalue weighted by Crippen LogP contribution is -2.39. The lowest BCUT2D eigenvalue weighted by atomic mass is 10.1. The summed E-state index contributed by atoms with van der Waals surface area (Å²) in [5, 5.41) is 3.45. The summed E-state index contributed by atoms with van der Waals surface area (Å²) in [6.07, 6.45) is 1.88. The second-order valence-electron chi connectivity index (χ2n) is 5.00. The minimum Gasteiger partial charge on any atom is -0.352 e. The van der Waals surface area contributed by atoms with Crippen LogP contribution in [0.15, 0.2) is 46.1 Å². The van der Waals surface area contributed by atoms with E-state index in [2.05, 4.69) is 10.3 Å². The molecule has 0 aliphatic rings. The van der Waals surface area contributed by atoms with E-state index >= 15 is 0 Å². The topological polar surface area (TPSA) is 84.0 Å². The van der Waals surface area contributed by atoms with Gasteiger partial charge in [-0.25, -0.2) is 4.79 Å². The van der Waals surface area contributed by atoms with Crippen molar-refractivity contribution < 1.29 is 4.79 Å². The van der Waals surface area contributed by atoms with Crippen LogP contribution in [0, 0.1) is 0 Å². The molecule has 1 aromatic heterocycles. The average Bonchev–Trinajstić information content (AvgIpc) is 2.44. The van der Waals surface area contributed by atoms with Crippen LogP contribution < -0.4 is 16.6 Å². The predicted octanol–water partition coefficient (Wildman–Crippen LogP) is 0.937. The van der Waals surface area contributed by atoms with Crippen molar-refractivity contribution in [3.8, 4) is 0 Å². The Morgan fingerprint density at radius 1 is 1.32 bits per heavy atom. The molecule has 6 nitrogen and oxygen atoms in total. The van der Waals surface area contributed by atoms with E-state index in [1.807, 2.05) is 25.1 Å². The summed E-state index contributed by atoms with van der Waals surface area (Å²) in [7, 11) is 0. The largest absolute Gasteiger partial charge is 0.352 e. The fourth-order valence-corrected chi connectivity index (χ4v) is 2.30. The van der Waals surface area contributed by atoms with E-state index in [-0.39, 0.29) is 18.5 Å². The minimum absolute atomic E-state index is 0.133. The lowest BCUT2D eigenvalue weighted by molar-refractivity contribution is -0.122. The maximum Gasteiger partial charge on any atom is 0.328 e. The number of carbonyl (C=O) groups excluding carboxylic acids is 1. The Morgan fingerprint density at radius 2 is 2.05 bits per heavy atom. The van der Waals surface area contributed by atoms with Gasteiger partial charge in [0.1, 0.15) is 6.54 Å². The molecule has 0 saturated carbocycles. The summed E-state index contributed by atoms with van der Waals surface area (Å²) in [5.74, 6) is -0.311. The van der Waals surface area contributed by atoms with Gasteiger partial charge in [0, 0.05) is 23.3 Å². The number of amides is 1. The van der Waals surface area contributed by atoms with E-state index in [9.17, 15) is 14.4 Å². The molecule has 0 saturated heterocycles. The Morgan fingerprint density at radius 3 is 2.73 bits per heavy atom. The van der Waals surface area contributed by atoms with Gasteiger partial charge in [0.15, 0.2) is 0 Å². The summed E-state index contributed by atoms with van der Waals surface area (Å²) in [4.78, 5) is 36.5. The van der Waals surface area contributed by atoms with Crippen LogP contribution in [0.5, 0.6) is 0 Å². The van der Waals surface area contributed by atoms with Crippen LogP contribution in [0.4, 0.5) is 0 Å². The number of rotatable bonds is 5. The smallest absolute Gasteiger partial charge is 0.328 e. The monoisotopic (exact) mass is 321 g/mol. The molecule has 0 aliphatic carbocycles. The Balaban J connectivity index is 1.95. The van der Waals surface area contributed by atoms with Crippen LogP contribution in [0.2, 0.25) is 5.02 Å². The molecule has 0 fully saturated rings. The zero-order valence-electron chi connectivity index (χ0n) is 12.0. The molecule has 22 heavy (non-hydrogen) atoms. The number of nitrogens with zero attached hydrogens (tertiary/aromatic N) is 1. The van der Waals surface area contributed by atoms with Gasteiger partial charge in [-0.3, -0.25) is 19.1 Å². The summed E-state index contributed by atoms with van der Waals surface area (Å²) in [6, 6.07) is 8.49. The molecule has 7 heteroatoms. The molecule has 2 aromatic rings. The molecule has 0 unspecified atom stereocenters. The number of aromatic amines is 1. The molecular formula is C15H16ClN3O3. The molecule has 1 aromatic carbocycles. The van der Waals surface area contributed by atoms with Gasteiger partial charge in [0.05, 0.1) is 0 Å². The Labute approximate surface area is 131 Å². The van der Waals surface area contributed by atoms with E-state index in [0.29, 0.717) is 11.4 Å². The molecule has 1 amide bonds. The van der Waals surface area contributed by atoms with Crippen molar-refractivity contribution in [3.05, 3.63) is 68.0 Å². The maximum absolute atomic E-state index is 11.9. The van der Waals surface area contributed by atoms with Crippen molar-refractivity contribution in [2.75, 3.05) is 0 Å². The van der Waals surface area contributed by atoms with E-state index in [1.165, 1.54) is 12.3 Å². The zero-order valence-corrected chi connectivity index (χ0v) is 12.8. The second-order valence-corrected chi connectivity index (χ2v) is 5.41. The van der Waals surface area contributed by atoms with Crippen LogP contribution >= 0.6 is 11.6 Å². The summed E-state index contributed by atoms with van der Waals surface area (Å²) in [6.45, 7) is 1.71. The first kappa shape index (κ1) is 16.0. The fourth-order valence-electron chi connectivity index (χ4n) is 2.09. The lowest BCUT2D eigenvalue weighted by Gasteiger charge is -2.15. The first-order valence-corrected chi connectivity index (χ1v) is 7.16. The highest BCUT2D eigenvalue weighted by molar-refractivity contribution is 6.31. The second kappa shape index (κ2) is 7.09. The third-order valence-electron chi connectivity index (χ3n) is 3.10. The maximum atomic E-state index is 11.9. The van der Waals surface area contributed by atoms with Crippen LogP contribution in [0.25, 0.3) is 0 Å². The Bertz CT molecular complexity index is 782. The molecular weight excluding hydrogens is 306 g/mol. The van der Waals surface area contributed by atoms with Gasteiger partial charge < -0.3 is 5.32 Å².